The molecule has 0 radical (unpaired) electrons. The minimum Gasteiger partial charge on any atom is -0.352 e. The molecule has 206 valence electrons. The number of carbonyl (C=O) groups excluding carboxylic acids is 2. The van der Waals surface area contributed by atoms with Crippen molar-refractivity contribution in [1.29, 1.82) is 0 Å². The maximum Gasteiger partial charge on any atom is 0.243 e. The van der Waals surface area contributed by atoms with E-state index in [2.05, 4.69) is 5.32 Å². The third-order valence-corrected chi connectivity index (χ3v) is 8.91. The quantitative estimate of drug-likeness (QED) is 0.242. The van der Waals surface area contributed by atoms with Gasteiger partial charge in [-0.15, -0.1) is 11.8 Å². The van der Waals surface area contributed by atoms with E-state index in [0.29, 0.717) is 27.2 Å². The molecule has 1 N–H and O–H groups in total. The molecule has 39 heavy (non-hydrogen) atoms. The number of thioether (sulfide) groups is 1. The highest BCUT2D eigenvalue weighted by molar-refractivity contribution is 7.99. The van der Waals surface area contributed by atoms with Gasteiger partial charge >= 0.3 is 0 Å². The summed E-state index contributed by atoms with van der Waals surface area (Å²) in [6.07, 6.45) is 5.79. The van der Waals surface area contributed by atoms with Crippen LogP contribution in [0.2, 0.25) is 15.1 Å². The van der Waals surface area contributed by atoms with E-state index >= 15 is 0 Å². The van der Waals surface area contributed by atoms with E-state index in [9.17, 15) is 9.59 Å². The Labute approximate surface area is 250 Å². The average Bonchev–Trinajstić information content (AvgIpc) is 2.93. The normalized spacial score (nSPS) is 14.5. The number of nitrogens with zero attached hydrogens (tertiary/aromatic N) is 1. The monoisotopic (exact) mass is 602 g/mol. The first-order chi connectivity index (χ1) is 18.9. The number of rotatable bonds is 11. The van der Waals surface area contributed by atoms with Crippen molar-refractivity contribution in [2.24, 2.45) is 0 Å². The van der Waals surface area contributed by atoms with E-state index in [-0.39, 0.29) is 30.2 Å². The number of benzene rings is 3. The van der Waals surface area contributed by atoms with E-state index < -0.39 is 6.04 Å². The zero-order chi connectivity index (χ0) is 27.6. The smallest absolute Gasteiger partial charge is 0.243 e. The molecule has 1 fully saturated rings. The van der Waals surface area contributed by atoms with Gasteiger partial charge in [0.25, 0.3) is 0 Å². The molecule has 1 saturated carbocycles. The van der Waals surface area contributed by atoms with E-state index in [1.165, 1.54) is 18.2 Å². The fourth-order valence-electron chi connectivity index (χ4n) is 4.90. The van der Waals surface area contributed by atoms with Crippen molar-refractivity contribution in [3.63, 3.8) is 0 Å². The van der Waals surface area contributed by atoms with Gasteiger partial charge in [0.05, 0.1) is 15.8 Å². The van der Waals surface area contributed by atoms with Crippen LogP contribution in [0.5, 0.6) is 0 Å². The summed E-state index contributed by atoms with van der Waals surface area (Å²) in [4.78, 5) is 29.4. The van der Waals surface area contributed by atoms with Crippen LogP contribution in [-0.4, -0.2) is 34.6 Å². The van der Waals surface area contributed by atoms with E-state index in [1.54, 1.807) is 17.0 Å². The minimum atomic E-state index is -0.664. The third-order valence-electron chi connectivity index (χ3n) is 6.94. The van der Waals surface area contributed by atoms with Crippen LogP contribution in [0.4, 0.5) is 0 Å². The largest absolute Gasteiger partial charge is 0.352 e. The Bertz CT molecular complexity index is 1250. The zero-order valence-corrected chi connectivity index (χ0v) is 24.8. The summed E-state index contributed by atoms with van der Waals surface area (Å²) >= 11 is 20.1. The Balaban J connectivity index is 1.58. The number of hydrogen-bond donors (Lipinski definition) is 1. The van der Waals surface area contributed by atoms with Crippen molar-refractivity contribution in [2.75, 3.05) is 5.75 Å². The molecular formula is C31H33Cl3N2O2S. The molecule has 1 unspecified atom stereocenters. The lowest BCUT2D eigenvalue weighted by molar-refractivity contribution is -0.139. The number of nitrogens with one attached hydrogen (secondary N) is 1. The number of amides is 2. The third kappa shape index (κ3) is 9.18. The Morgan fingerprint density at radius 3 is 2.31 bits per heavy atom. The summed E-state index contributed by atoms with van der Waals surface area (Å²) in [5.41, 5.74) is 2.87. The average molecular weight is 604 g/mol. The molecule has 0 aliphatic heterocycles. The first kappa shape index (κ1) is 29.8. The number of hydrogen-bond acceptors (Lipinski definition) is 3. The first-order valence-electron chi connectivity index (χ1n) is 13.3. The molecule has 4 rings (SSSR count). The number of carbonyl (C=O) groups is 2. The van der Waals surface area contributed by atoms with E-state index in [0.717, 1.165) is 42.4 Å². The van der Waals surface area contributed by atoms with Gasteiger partial charge in [-0.1, -0.05) is 103 Å². The van der Waals surface area contributed by atoms with E-state index in [1.807, 2.05) is 60.7 Å². The zero-order valence-electron chi connectivity index (χ0n) is 21.8. The molecule has 1 aliphatic carbocycles. The molecule has 4 nitrogen and oxygen atoms in total. The Morgan fingerprint density at radius 2 is 1.59 bits per heavy atom. The molecule has 2 amide bonds. The SMILES string of the molecule is O=C(NC1CCCCC1)C(Cc1ccccc1)N(Cc1ccc(Cl)c(Cl)c1)C(=O)CSCc1cccc(Cl)c1. The predicted octanol–water partition coefficient (Wildman–Crippen LogP) is 7.97. The topological polar surface area (TPSA) is 49.4 Å². The summed E-state index contributed by atoms with van der Waals surface area (Å²) in [5.74, 6) is 0.659. The summed E-state index contributed by atoms with van der Waals surface area (Å²) in [7, 11) is 0. The summed E-state index contributed by atoms with van der Waals surface area (Å²) in [5, 5.41) is 4.81. The Hall–Kier alpha value is -2.18. The highest BCUT2D eigenvalue weighted by Crippen LogP contribution is 2.26. The number of halogens is 3. The van der Waals surface area contributed by atoms with Crippen molar-refractivity contribution in [3.05, 3.63) is 105 Å². The molecule has 0 aromatic heterocycles. The van der Waals surface area contributed by atoms with Gasteiger partial charge in [-0.3, -0.25) is 9.59 Å². The van der Waals surface area contributed by atoms with Crippen LogP contribution in [0.25, 0.3) is 0 Å². The van der Waals surface area contributed by atoms with E-state index in [4.69, 9.17) is 34.8 Å². The van der Waals surface area contributed by atoms with Crippen molar-refractivity contribution in [3.8, 4) is 0 Å². The minimum absolute atomic E-state index is 0.104. The molecule has 0 bridgehead atoms. The highest BCUT2D eigenvalue weighted by atomic mass is 35.5. The fourth-order valence-corrected chi connectivity index (χ4v) is 6.29. The van der Waals surface area contributed by atoms with Crippen molar-refractivity contribution in [1.82, 2.24) is 10.2 Å². The molecule has 1 atom stereocenters. The molecule has 8 heteroatoms. The van der Waals surface area contributed by atoms with Gasteiger partial charge in [-0.25, -0.2) is 0 Å². The summed E-state index contributed by atoms with van der Waals surface area (Å²) < 4.78 is 0. The first-order valence-corrected chi connectivity index (χ1v) is 15.6. The van der Waals surface area contributed by atoms with Gasteiger partial charge in [-0.2, -0.15) is 0 Å². The lowest BCUT2D eigenvalue weighted by Crippen LogP contribution is -2.53. The van der Waals surface area contributed by atoms with Crippen LogP contribution < -0.4 is 5.32 Å². The van der Waals surface area contributed by atoms with Crippen LogP contribution in [-0.2, 0) is 28.3 Å². The van der Waals surface area contributed by atoms with Gasteiger partial charge in [0.15, 0.2) is 0 Å². The molecule has 3 aromatic carbocycles. The lowest BCUT2D eigenvalue weighted by atomic mass is 9.94. The molecule has 3 aromatic rings. The second-order valence-electron chi connectivity index (χ2n) is 9.94. The maximum absolute atomic E-state index is 13.8. The van der Waals surface area contributed by atoms with Crippen molar-refractivity contribution in [2.45, 2.75) is 62.9 Å². The van der Waals surface area contributed by atoms with Crippen LogP contribution in [0, 0.1) is 0 Å². The van der Waals surface area contributed by atoms with Gasteiger partial charge in [0.1, 0.15) is 6.04 Å². The van der Waals surface area contributed by atoms with Crippen molar-refractivity contribution >= 4 is 58.4 Å². The Kier molecular flexibility index (Phi) is 11.5. The van der Waals surface area contributed by atoms with Gasteiger partial charge in [0.2, 0.25) is 11.8 Å². The second-order valence-corrected chi connectivity index (χ2v) is 12.2. The maximum atomic E-state index is 13.8. The summed E-state index contributed by atoms with van der Waals surface area (Å²) in [6.45, 7) is 0.253. The van der Waals surface area contributed by atoms with Crippen molar-refractivity contribution < 1.29 is 9.59 Å². The van der Waals surface area contributed by atoms with Gasteiger partial charge < -0.3 is 10.2 Å². The standard InChI is InChI=1S/C31H33Cl3N2O2S/c32-25-11-7-10-24(16-25)20-39-21-30(37)36(19-23-14-15-27(33)28(34)17-23)29(18-22-8-3-1-4-9-22)31(38)35-26-12-5-2-6-13-26/h1,3-4,7-11,14-17,26,29H,2,5-6,12-13,18-21H2,(H,35,38). The summed E-state index contributed by atoms with van der Waals surface area (Å²) in [6, 6.07) is 22.3. The molecule has 1 aliphatic rings. The second kappa shape index (κ2) is 15.0. The van der Waals surface area contributed by atoms with Crippen LogP contribution in [0.3, 0.4) is 0 Å². The molecular weight excluding hydrogens is 571 g/mol. The molecule has 0 heterocycles. The molecule has 0 spiro atoms. The van der Waals surface area contributed by atoms with Crippen LogP contribution in [0.15, 0.2) is 72.8 Å². The van der Waals surface area contributed by atoms with Crippen LogP contribution >= 0.6 is 46.6 Å². The molecule has 0 saturated heterocycles. The lowest BCUT2D eigenvalue weighted by Gasteiger charge is -2.33. The van der Waals surface area contributed by atoms with Gasteiger partial charge in [-0.05, 0) is 53.8 Å². The fraction of sp³-hybridized carbons (Fsp3) is 0.355. The van der Waals surface area contributed by atoms with Gasteiger partial charge in [0, 0.05) is 29.8 Å². The highest BCUT2D eigenvalue weighted by Gasteiger charge is 2.32. The predicted molar refractivity (Wildman–Crippen MR) is 164 cm³/mol. The Morgan fingerprint density at radius 1 is 0.846 bits per heavy atom. The van der Waals surface area contributed by atoms with Crippen LogP contribution in [0.1, 0.15) is 48.8 Å².